The van der Waals surface area contributed by atoms with Crippen LogP contribution in [0.2, 0.25) is 5.02 Å². The van der Waals surface area contributed by atoms with Crippen LogP contribution in [0.5, 0.6) is 0 Å². The van der Waals surface area contributed by atoms with Crippen molar-refractivity contribution in [1.29, 1.82) is 0 Å². The molecule has 1 atom stereocenters. The molecule has 3 rings (SSSR count). The van der Waals surface area contributed by atoms with Crippen LogP contribution in [0.15, 0.2) is 33.8 Å². The van der Waals surface area contributed by atoms with Gasteiger partial charge in [-0.15, -0.1) is 24.0 Å². The lowest BCUT2D eigenvalue weighted by Crippen LogP contribution is -2.38. The number of halogens is 2. The molecule has 1 unspecified atom stereocenters. The summed E-state index contributed by atoms with van der Waals surface area (Å²) in [4.78, 5) is 9.01. The number of aromatic nitrogens is 2. The Hall–Kier alpha value is -1.43. The third kappa shape index (κ3) is 9.30. The summed E-state index contributed by atoms with van der Waals surface area (Å²) in [6.45, 7) is 6.40. The minimum Gasteiger partial charge on any atom is -0.379 e. The van der Waals surface area contributed by atoms with E-state index in [1.165, 1.54) is 0 Å². The minimum atomic E-state index is 0. The van der Waals surface area contributed by atoms with Crippen LogP contribution >= 0.6 is 35.6 Å². The Morgan fingerprint density at radius 3 is 3.03 bits per heavy atom. The van der Waals surface area contributed by atoms with Crippen molar-refractivity contribution in [2.45, 2.75) is 38.7 Å². The van der Waals surface area contributed by atoms with E-state index in [0.717, 1.165) is 43.9 Å². The third-order valence-electron chi connectivity index (χ3n) is 4.57. The fourth-order valence-corrected chi connectivity index (χ4v) is 3.27. The smallest absolute Gasteiger partial charge is 0.228 e. The predicted molar refractivity (Wildman–Crippen MR) is 132 cm³/mol. The van der Waals surface area contributed by atoms with Gasteiger partial charge in [-0.3, -0.25) is 4.99 Å². The molecule has 8 nitrogen and oxygen atoms in total. The van der Waals surface area contributed by atoms with Crippen molar-refractivity contribution in [3.05, 3.63) is 35.2 Å². The number of hydrogen-bond acceptors (Lipinski definition) is 6. The first-order valence-corrected chi connectivity index (χ1v) is 10.9. The molecular weight excluding hydrogens is 533 g/mol. The highest BCUT2D eigenvalue weighted by molar-refractivity contribution is 14.0. The average Bonchev–Trinajstić information content (AvgIpc) is 3.43. The maximum atomic E-state index is 6.02. The highest BCUT2D eigenvalue weighted by atomic mass is 127. The maximum absolute atomic E-state index is 6.02. The number of ether oxygens (including phenoxy) is 2. The first-order valence-electron chi connectivity index (χ1n) is 10.5. The molecule has 172 valence electrons. The van der Waals surface area contributed by atoms with Crippen LogP contribution in [0.4, 0.5) is 0 Å². The number of aliphatic imine (C=N–C) groups is 1. The van der Waals surface area contributed by atoms with Crippen molar-refractivity contribution >= 4 is 41.5 Å². The molecule has 0 aliphatic carbocycles. The van der Waals surface area contributed by atoms with E-state index < -0.39 is 0 Å². The van der Waals surface area contributed by atoms with Crippen LogP contribution in [0, 0.1) is 0 Å². The largest absolute Gasteiger partial charge is 0.379 e. The molecule has 31 heavy (non-hydrogen) atoms. The Balaban J connectivity index is 0.00000341. The quantitative estimate of drug-likeness (QED) is 0.186. The monoisotopic (exact) mass is 563 g/mol. The average molecular weight is 564 g/mol. The zero-order valence-corrected chi connectivity index (χ0v) is 20.9. The van der Waals surface area contributed by atoms with E-state index in [4.69, 9.17) is 25.6 Å². The summed E-state index contributed by atoms with van der Waals surface area (Å²) in [7, 11) is 0. The summed E-state index contributed by atoms with van der Waals surface area (Å²) >= 11 is 6.02. The topological polar surface area (TPSA) is 93.8 Å². The van der Waals surface area contributed by atoms with E-state index >= 15 is 0 Å². The number of benzene rings is 1. The number of rotatable bonds is 11. The van der Waals surface area contributed by atoms with Crippen LogP contribution in [-0.4, -0.2) is 61.7 Å². The second-order valence-corrected chi connectivity index (χ2v) is 7.46. The molecule has 0 amide bonds. The second-order valence-electron chi connectivity index (χ2n) is 7.02. The SMILES string of the molecule is CCNC(=NCCCOCC1CCCO1)NCCc1nc(-c2cccc(Cl)c2)no1.I. The summed E-state index contributed by atoms with van der Waals surface area (Å²) in [5.74, 6) is 1.87. The van der Waals surface area contributed by atoms with Crippen molar-refractivity contribution < 1.29 is 14.0 Å². The summed E-state index contributed by atoms with van der Waals surface area (Å²) in [5, 5.41) is 11.2. The van der Waals surface area contributed by atoms with Crippen molar-refractivity contribution in [3.63, 3.8) is 0 Å². The predicted octanol–water partition coefficient (Wildman–Crippen LogP) is 3.69. The van der Waals surface area contributed by atoms with Gasteiger partial charge < -0.3 is 24.6 Å². The zero-order chi connectivity index (χ0) is 21.0. The Labute approximate surface area is 205 Å². The molecule has 10 heteroatoms. The third-order valence-corrected chi connectivity index (χ3v) is 4.81. The van der Waals surface area contributed by atoms with Gasteiger partial charge in [-0.05, 0) is 38.3 Å². The standard InChI is InChI=1S/C21H30ClN5O3.HI/c1-2-23-21(24-10-5-12-28-15-18-8-4-13-29-18)25-11-9-19-26-20(27-30-19)16-6-3-7-17(22)14-16;/h3,6-7,14,18H,2,4-5,8-13,15H2,1H3,(H2,23,24,25);1H. The van der Waals surface area contributed by atoms with E-state index in [9.17, 15) is 0 Å². The van der Waals surface area contributed by atoms with E-state index in [1.807, 2.05) is 31.2 Å². The molecule has 2 heterocycles. The van der Waals surface area contributed by atoms with Gasteiger partial charge in [0.15, 0.2) is 5.96 Å². The van der Waals surface area contributed by atoms with Crippen LogP contribution in [0.3, 0.4) is 0 Å². The molecule has 0 saturated carbocycles. The summed E-state index contributed by atoms with van der Waals surface area (Å²) in [6.07, 6.45) is 3.99. The minimum absolute atomic E-state index is 0. The number of nitrogens with zero attached hydrogens (tertiary/aromatic N) is 3. The molecule has 1 aliphatic rings. The first kappa shape index (κ1) is 25.8. The molecular formula is C21H31ClIN5O3. The fraction of sp³-hybridized carbons (Fsp3) is 0.571. The van der Waals surface area contributed by atoms with E-state index in [-0.39, 0.29) is 30.1 Å². The summed E-state index contributed by atoms with van der Waals surface area (Å²) < 4.78 is 16.6. The Kier molecular flexibility index (Phi) is 12.2. The van der Waals surface area contributed by atoms with Crippen LogP contribution in [-0.2, 0) is 15.9 Å². The molecule has 2 N–H and O–H groups in total. The normalized spacial score (nSPS) is 16.2. The second kappa shape index (κ2) is 14.6. The molecule has 0 bridgehead atoms. The molecule has 2 aromatic rings. The Bertz CT molecular complexity index is 799. The molecule has 0 spiro atoms. The van der Waals surface area contributed by atoms with Gasteiger partial charge >= 0.3 is 0 Å². The van der Waals surface area contributed by atoms with Crippen molar-refractivity contribution in [2.24, 2.45) is 4.99 Å². The number of guanidine groups is 1. The van der Waals surface area contributed by atoms with Gasteiger partial charge in [-0.1, -0.05) is 28.9 Å². The lowest BCUT2D eigenvalue weighted by Gasteiger charge is -2.11. The van der Waals surface area contributed by atoms with Gasteiger partial charge in [0.2, 0.25) is 11.7 Å². The van der Waals surface area contributed by atoms with Gasteiger partial charge in [0.05, 0.1) is 12.7 Å². The lowest BCUT2D eigenvalue weighted by atomic mass is 10.2. The zero-order valence-electron chi connectivity index (χ0n) is 17.8. The molecule has 1 saturated heterocycles. The van der Waals surface area contributed by atoms with E-state index in [1.54, 1.807) is 0 Å². The van der Waals surface area contributed by atoms with Gasteiger partial charge in [0.1, 0.15) is 0 Å². The molecule has 1 aliphatic heterocycles. The lowest BCUT2D eigenvalue weighted by molar-refractivity contribution is 0.0171. The summed E-state index contributed by atoms with van der Waals surface area (Å²) in [5.41, 5.74) is 0.835. The van der Waals surface area contributed by atoms with Crippen LogP contribution < -0.4 is 10.6 Å². The first-order chi connectivity index (χ1) is 14.7. The van der Waals surface area contributed by atoms with Crippen LogP contribution in [0.1, 0.15) is 32.1 Å². The van der Waals surface area contributed by atoms with Gasteiger partial charge in [-0.25, -0.2) is 0 Å². The maximum Gasteiger partial charge on any atom is 0.228 e. The Morgan fingerprint density at radius 2 is 2.26 bits per heavy atom. The molecule has 0 radical (unpaired) electrons. The highest BCUT2D eigenvalue weighted by Crippen LogP contribution is 2.19. The van der Waals surface area contributed by atoms with Crippen molar-refractivity contribution in [1.82, 2.24) is 20.8 Å². The molecule has 1 aromatic heterocycles. The van der Waals surface area contributed by atoms with Gasteiger partial charge in [0.25, 0.3) is 0 Å². The number of nitrogens with one attached hydrogen (secondary N) is 2. The van der Waals surface area contributed by atoms with Crippen molar-refractivity contribution in [2.75, 3.05) is 39.5 Å². The fourth-order valence-electron chi connectivity index (χ4n) is 3.08. The highest BCUT2D eigenvalue weighted by Gasteiger charge is 2.15. The Morgan fingerprint density at radius 1 is 1.35 bits per heavy atom. The van der Waals surface area contributed by atoms with Gasteiger partial charge in [0, 0.05) is 49.9 Å². The molecule has 1 fully saturated rings. The number of hydrogen-bond donors (Lipinski definition) is 2. The summed E-state index contributed by atoms with van der Waals surface area (Å²) in [6, 6.07) is 7.39. The van der Waals surface area contributed by atoms with E-state index in [2.05, 4.69) is 25.8 Å². The van der Waals surface area contributed by atoms with Gasteiger partial charge in [-0.2, -0.15) is 4.98 Å². The van der Waals surface area contributed by atoms with Crippen molar-refractivity contribution in [3.8, 4) is 11.4 Å². The van der Waals surface area contributed by atoms with E-state index in [0.29, 0.717) is 49.5 Å². The van der Waals surface area contributed by atoms with Crippen LogP contribution in [0.25, 0.3) is 11.4 Å². The molecule has 1 aromatic carbocycles.